The molecule has 1 saturated heterocycles. The van der Waals surface area contributed by atoms with Gasteiger partial charge in [-0.25, -0.2) is 0 Å². The summed E-state index contributed by atoms with van der Waals surface area (Å²) in [5.41, 5.74) is 3.40. The number of anilines is 3. The highest BCUT2D eigenvalue weighted by Gasteiger charge is 2.11. The Morgan fingerprint density at radius 3 is 2.48 bits per heavy atom. The van der Waals surface area contributed by atoms with E-state index in [1.165, 1.54) is 24.9 Å². The molecule has 0 spiro atoms. The number of nitrogens with one attached hydrogen (secondary N) is 2. The largest absolute Gasteiger partial charge is 0.372 e. The summed E-state index contributed by atoms with van der Waals surface area (Å²) in [4.78, 5) is 18.7. The lowest BCUT2D eigenvalue weighted by molar-refractivity contribution is 0.0945. The van der Waals surface area contributed by atoms with Crippen LogP contribution in [0.2, 0.25) is 0 Å². The van der Waals surface area contributed by atoms with Crippen LogP contribution < -0.4 is 15.5 Å². The minimum absolute atomic E-state index is 0.265. The molecule has 3 aromatic rings. The topological polar surface area (TPSA) is 83.0 Å². The molecule has 0 saturated carbocycles. The van der Waals surface area contributed by atoms with Crippen LogP contribution in [0.5, 0.6) is 0 Å². The van der Waals surface area contributed by atoms with Crippen LogP contribution in [-0.2, 0) is 6.54 Å². The molecule has 0 bridgehead atoms. The van der Waals surface area contributed by atoms with Gasteiger partial charge in [0.15, 0.2) is 11.5 Å². The normalized spacial score (nSPS) is 13.7. The fourth-order valence-electron chi connectivity index (χ4n) is 3.35. The van der Waals surface area contributed by atoms with E-state index in [2.05, 4.69) is 42.8 Å². The minimum atomic E-state index is -0.265. The first-order valence-corrected chi connectivity index (χ1v) is 9.91. The molecule has 29 heavy (non-hydrogen) atoms. The summed E-state index contributed by atoms with van der Waals surface area (Å²) >= 11 is 0. The molecular weight excluding hydrogens is 364 g/mol. The number of carbonyl (C=O) groups excluding carboxylic acids is 1. The molecule has 0 atom stereocenters. The molecule has 1 amide bonds. The van der Waals surface area contributed by atoms with Crippen LogP contribution >= 0.6 is 0 Å². The van der Waals surface area contributed by atoms with E-state index in [0.29, 0.717) is 12.4 Å². The molecule has 3 heterocycles. The Morgan fingerprint density at radius 2 is 1.79 bits per heavy atom. The summed E-state index contributed by atoms with van der Waals surface area (Å²) in [5, 5.41) is 14.2. The Kier molecular flexibility index (Phi) is 5.95. The van der Waals surface area contributed by atoms with Crippen molar-refractivity contribution >= 4 is 23.1 Å². The number of nitrogens with zero attached hydrogens (tertiary/aromatic N) is 4. The molecule has 1 aliphatic rings. The van der Waals surface area contributed by atoms with Gasteiger partial charge in [-0.05, 0) is 67.3 Å². The Labute approximate surface area is 170 Å². The van der Waals surface area contributed by atoms with Crippen molar-refractivity contribution in [2.45, 2.75) is 25.8 Å². The number of carbonyl (C=O) groups is 1. The van der Waals surface area contributed by atoms with Crippen LogP contribution in [0.15, 0.2) is 60.9 Å². The summed E-state index contributed by atoms with van der Waals surface area (Å²) in [5.74, 6) is 0.332. The first-order valence-electron chi connectivity index (χ1n) is 9.91. The maximum Gasteiger partial charge on any atom is 0.272 e. The van der Waals surface area contributed by atoms with Crippen LogP contribution in [0.25, 0.3) is 0 Å². The monoisotopic (exact) mass is 388 g/mol. The number of aromatic nitrogens is 3. The number of amides is 1. The smallest absolute Gasteiger partial charge is 0.272 e. The average Bonchev–Trinajstić information content (AvgIpc) is 2.80. The predicted molar refractivity (Wildman–Crippen MR) is 113 cm³/mol. The number of piperidine rings is 1. The zero-order valence-corrected chi connectivity index (χ0v) is 16.2. The van der Waals surface area contributed by atoms with E-state index in [1.54, 1.807) is 24.5 Å². The standard InChI is InChI=1S/C22H24N6O/c29-22(24-16-17-5-4-12-23-15-17)20-10-11-21(27-26-20)25-18-6-8-19(9-7-18)28-13-2-1-3-14-28/h4-12,15H,1-3,13-14,16H2,(H,24,29)(H,25,27). The molecule has 2 aromatic heterocycles. The molecule has 4 rings (SSSR count). The minimum Gasteiger partial charge on any atom is -0.372 e. The summed E-state index contributed by atoms with van der Waals surface area (Å²) in [7, 11) is 0. The summed E-state index contributed by atoms with van der Waals surface area (Å²) in [6.07, 6.45) is 7.26. The van der Waals surface area contributed by atoms with Gasteiger partial charge in [0.05, 0.1) is 0 Å². The highest BCUT2D eigenvalue weighted by atomic mass is 16.1. The zero-order valence-electron chi connectivity index (χ0n) is 16.2. The van der Waals surface area contributed by atoms with Crippen LogP contribution in [0.1, 0.15) is 35.3 Å². The lowest BCUT2D eigenvalue weighted by Gasteiger charge is -2.28. The molecule has 7 nitrogen and oxygen atoms in total. The van der Waals surface area contributed by atoms with Gasteiger partial charge in [-0.1, -0.05) is 6.07 Å². The van der Waals surface area contributed by atoms with E-state index >= 15 is 0 Å². The second-order valence-corrected chi connectivity index (χ2v) is 7.07. The molecule has 1 aromatic carbocycles. The van der Waals surface area contributed by atoms with Crippen LogP contribution in [0.3, 0.4) is 0 Å². The lowest BCUT2D eigenvalue weighted by Crippen LogP contribution is -2.29. The second kappa shape index (κ2) is 9.14. The molecule has 0 radical (unpaired) electrons. The Balaban J connectivity index is 1.32. The molecule has 0 aliphatic carbocycles. The van der Waals surface area contributed by atoms with Crippen molar-refractivity contribution in [3.63, 3.8) is 0 Å². The van der Waals surface area contributed by atoms with Crippen molar-refractivity contribution in [2.75, 3.05) is 23.3 Å². The zero-order chi connectivity index (χ0) is 19.9. The Morgan fingerprint density at radius 1 is 0.966 bits per heavy atom. The van der Waals surface area contributed by atoms with Crippen molar-refractivity contribution in [2.24, 2.45) is 0 Å². The van der Waals surface area contributed by atoms with Gasteiger partial charge in [-0.15, -0.1) is 10.2 Å². The van der Waals surface area contributed by atoms with E-state index < -0.39 is 0 Å². The van der Waals surface area contributed by atoms with E-state index in [0.717, 1.165) is 24.3 Å². The van der Waals surface area contributed by atoms with Gasteiger partial charge in [0, 0.05) is 43.4 Å². The third kappa shape index (κ3) is 5.07. The van der Waals surface area contributed by atoms with Gasteiger partial charge >= 0.3 is 0 Å². The van der Waals surface area contributed by atoms with Gasteiger partial charge in [0.25, 0.3) is 5.91 Å². The SMILES string of the molecule is O=C(NCc1cccnc1)c1ccc(Nc2ccc(N3CCCCC3)cc2)nn1. The van der Waals surface area contributed by atoms with Crippen LogP contribution in [-0.4, -0.2) is 34.2 Å². The fraction of sp³-hybridized carbons (Fsp3) is 0.273. The quantitative estimate of drug-likeness (QED) is 0.672. The summed E-state index contributed by atoms with van der Waals surface area (Å²) < 4.78 is 0. The summed E-state index contributed by atoms with van der Waals surface area (Å²) in [6.45, 7) is 2.66. The summed E-state index contributed by atoms with van der Waals surface area (Å²) in [6, 6.07) is 15.5. The average molecular weight is 388 g/mol. The molecular formula is C22H24N6O. The van der Waals surface area contributed by atoms with Gasteiger partial charge in [-0.3, -0.25) is 9.78 Å². The van der Waals surface area contributed by atoms with Crippen molar-refractivity contribution in [1.82, 2.24) is 20.5 Å². The van der Waals surface area contributed by atoms with Crippen molar-refractivity contribution in [3.8, 4) is 0 Å². The Bertz CT molecular complexity index is 922. The van der Waals surface area contributed by atoms with Gasteiger partial charge in [0.2, 0.25) is 0 Å². The van der Waals surface area contributed by atoms with Crippen molar-refractivity contribution in [1.29, 1.82) is 0 Å². The van der Waals surface area contributed by atoms with E-state index in [1.807, 2.05) is 24.3 Å². The molecule has 7 heteroatoms. The van der Waals surface area contributed by atoms with E-state index in [-0.39, 0.29) is 11.6 Å². The van der Waals surface area contributed by atoms with Crippen molar-refractivity contribution in [3.05, 3.63) is 72.2 Å². The Hall–Kier alpha value is -3.48. The number of hydrogen-bond donors (Lipinski definition) is 2. The highest BCUT2D eigenvalue weighted by Crippen LogP contribution is 2.23. The molecule has 0 unspecified atom stereocenters. The third-order valence-electron chi connectivity index (χ3n) is 4.93. The first kappa shape index (κ1) is 18.9. The van der Waals surface area contributed by atoms with Gasteiger partial charge in [-0.2, -0.15) is 0 Å². The molecule has 148 valence electrons. The fourth-order valence-corrected chi connectivity index (χ4v) is 3.35. The number of rotatable bonds is 6. The highest BCUT2D eigenvalue weighted by molar-refractivity contribution is 5.92. The van der Waals surface area contributed by atoms with Crippen LogP contribution in [0, 0.1) is 0 Å². The van der Waals surface area contributed by atoms with E-state index in [9.17, 15) is 4.79 Å². The van der Waals surface area contributed by atoms with Crippen LogP contribution in [0.4, 0.5) is 17.2 Å². The van der Waals surface area contributed by atoms with E-state index in [4.69, 9.17) is 0 Å². The maximum atomic E-state index is 12.2. The third-order valence-corrected chi connectivity index (χ3v) is 4.93. The molecule has 1 aliphatic heterocycles. The lowest BCUT2D eigenvalue weighted by atomic mass is 10.1. The van der Waals surface area contributed by atoms with Gasteiger partial charge in [0.1, 0.15) is 0 Å². The molecule has 1 fully saturated rings. The number of benzene rings is 1. The van der Waals surface area contributed by atoms with Gasteiger partial charge < -0.3 is 15.5 Å². The first-order chi connectivity index (χ1) is 14.3. The maximum absolute atomic E-state index is 12.2. The second-order valence-electron chi connectivity index (χ2n) is 7.07. The molecule has 2 N–H and O–H groups in total. The predicted octanol–water partition coefficient (Wildman–Crippen LogP) is 3.54. The number of hydrogen-bond acceptors (Lipinski definition) is 6. The number of pyridine rings is 1. The van der Waals surface area contributed by atoms with Crippen molar-refractivity contribution < 1.29 is 4.79 Å².